The van der Waals surface area contributed by atoms with Crippen LogP contribution in [0.5, 0.6) is 0 Å². The van der Waals surface area contributed by atoms with Crippen molar-refractivity contribution in [3.63, 3.8) is 0 Å². The SMILES string of the molecule is CC(NC1CSCCC1(C)C)c1cccc([N+](=O)[O-])c1. The lowest BCUT2D eigenvalue weighted by Gasteiger charge is -2.40. The lowest BCUT2D eigenvalue weighted by atomic mass is 9.81. The second-order valence-electron chi connectivity index (χ2n) is 6.11. The predicted octanol–water partition coefficient (Wildman–Crippen LogP) is 3.78. The maximum absolute atomic E-state index is 10.9. The van der Waals surface area contributed by atoms with Gasteiger partial charge in [0.05, 0.1) is 4.92 Å². The molecule has 1 fully saturated rings. The van der Waals surface area contributed by atoms with E-state index in [1.165, 1.54) is 18.2 Å². The molecule has 1 N–H and O–H groups in total. The highest BCUT2D eigenvalue weighted by molar-refractivity contribution is 7.99. The van der Waals surface area contributed by atoms with E-state index in [1.54, 1.807) is 12.1 Å². The Hall–Kier alpha value is -1.07. The number of non-ortho nitro benzene ring substituents is 1. The summed E-state index contributed by atoms with van der Waals surface area (Å²) in [4.78, 5) is 10.5. The quantitative estimate of drug-likeness (QED) is 0.678. The zero-order chi connectivity index (χ0) is 14.8. The molecule has 0 bridgehead atoms. The van der Waals surface area contributed by atoms with E-state index in [0.717, 1.165) is 11.3 Å². The van der Waals surface area contributed by atoms with Crippen LogP contribution in [0.3, 0.4) is 0 Å². The van der Waals surface area contributed by atoms with E-state index in [-0.39, 0.29) is 22.1 Å². The molecule has 0 spiro atoms. The second-order valence-corrected chi connectivity index (χ2v) is 7.26. The van der Waals surface area contributed by atoms with Crippen LogP contribution in [0.15, 0.2) is 24.3 Å². The van der Waals surface area contributed by atoms with Gasteiger partial charge in [-0.2, -0.15) is 11.8 Å². The molecule has 0 saturated carbocycles. The Kier molecular flexibility index (Phi) is 4.70. The van der Waals surface area contributed by atoms with Gasteiger partial charge in [0.1, 0.15) is 0 Å². The summed E-state index contributed by atoms with van der Waals surface area (Å²) in [5.74, 6) is 2.32. The zero-order valence-corrected chi connectivity index (χ0v) is 13.1. The van der Waals surface area contributed by atoms with Gasteiger partial charge in [-0.1, -0.05) is 26.0 Å². The van der Waals surface area contributed by atoms with Gasteiger partial charge in [0.15, 0.2) is 0 Å². The van der Waals surface area contributed by atoms with Gasteiger partial charge in [-0.3, -0.25) is 10.1 Å². The van der Waals surface area contributed by atoms with Crippen molar-refractivity contribution in [3.05, 3.63) is 39.9 Å². The van der Waals surface area contributed by atoms with Crippen molar-refractivity contribution in [2.75, 3.05) is 11.5 Å². The third-order valence-electron chi connectivity index (χ3n) is 4.15. The number of benzene rings is 1. The lowest BCUT2D eigenvalue weighted by Crippen LogP contribution is -2.47. The first-order chi connectivity index (χ1) is 9.40. The fourth-order valence-electron chi connectivity index (χ4n) is 2.52. The highest BCUT2D eigenvalue weighted by atomic mass is 32.2. The Morgan fingerprint density at radius 3 is 2.90 bits per heavy atom. The van der Waals surface area contributed by atoms with Gasteiger partial charge in [-0.25, -0.2) is 0 Å². The largest absolute Gasteiger partial charge is 0.306 e. The second kappa shape index (κ2) is 6.14. The molecule has 1 saturated heterocycles. The summed E-state index contributed by atoms with van der Waals surface area (Å²) in [6.07, 6.45) is 1.21. The molecule has 4 nitrogen and oxygen atoms in total. The van der Waals surface area contributed by atoms with Crippen molar-refractivity contribution < 1.29 is 4.92 Å². The lowest BCUT2D eigenvalue weighted by molar-refractivity contribution is -0.384. The molecule has 20 heavy (non-hydrogen) atoms. The third kappa shape index (κ3) is 3.52. The van der Waals surface area contributed by atoms with Crippen molar-refractivity contribution in [2.24, 2.45) is 5.41 Å². The Morgan fingerprint density at radius 1 is 1.50 bits per heavy atom. The van der Waals surface area contributed by atoms with Gasteiger partial charge in [0, 0.05) is 30.0 Å². The number of nitrogens with one attached hydrogen (secondary N) is 1. The maximum atomic E-state index is 10.9. The van der Waals surface area contributed by atoms with E-state index in [4.69, 9.17) is 0 Å². The normalized spacial score (nSPS) is 23.2. The van der Waals surface area contributed by atoms with Gasteiger partial charge >= 0.3 is 0 Å². The van der Waals surface area contributed by atoms with Gasteiger partial charge in [0.25, 0.3) is 5.69 Å². The Balaban J connectivity index is 2.09. The molecule has 1 aliphatic rings. The molecule has 0 aromatic heterocycles. The molecular weight excluding hydrogens is 272 g/mol. The summed E-state index contributed by atoms with van der Waals surface area (Å²) < 4.78 is 0. The average molecular weight is 294 g/mol. The van der Waals surface area contributed by atoms with Crippen LogP contribution in [-0.2, 0) is 0 Å². The van der Waals surface area contributed by atoms with Crippen LogP contribution in [0.1, 0.15) is 38.8 Å². The Labute approximate surface area is 124 Å². The summed E-state index contributed by atoms with van der Waals surface area (Å²) in [7, 11) is 0. The molecule has 1 aromatic carbocycles. The summed E-state index contributed by atoms with van der Waals surface area (Å²) in [6.45, 7) is 6.67. The molecule has 2 unspecified atom stereocenters. The van der Waals surface area contributed by atoms with Crippen molar-refractivity contribution in [1.29, 1.82) is 0 Å². The van der Waals surface area contributed by atoms with Crippen LogP contribution in [0.2, 0.25) is 0 Å². The first-order valence-corrected chi connectivity index (χ1v) is 8.14. The number of nitro groups is 1. The molecule has 0 aliphatic carbocycles. The van der Waals surface area contributed by atoms with E-state index in [2.05, 4.69) is 26.1 Å². The topological polar surface area (TPSA) is 55.2 Å². The highest BCUT2D eigenvalue weighted by Gasteiger charge is 2.33. The number of rotatable bonds is 4. The van der Waals surface area contributed by atoms with Crippen LogP contribution in [0, 0.1) is 15.5 Å². The van der Waals surface area contributed by atoms with E-state index >= 15 is 0 Å². The van der Waals surface area contributed by atoms with E-state index in [1.807, 2.05) is 17.8 Å². The van der Waals surface area contributed by atoms with Crippen LogP contribution in [0.4, 0.5) is 5.69 Å². The predicted molar refractivity (Wildman–Crippen MR) is 84.2 cm³/mol. The van der Waals surface area contributed by atoms with Gasteiger partial charge < -0.3 is 5.32 Å². The molecule has 1 aliphatic heterocycles. The van der Waals surface area contributed by atoms with E-state index in [0.29, 0.717) is 6.04 Å². The first-order valence-electron chi connectivity index (χ1n) is 6.98. The molecule has 2 atom stereocenters. The first kappa shape index (κ1) is 15.3. The van der Waals surface area contributed by atoms with Crippen molar-refractivity contribution in [2.45, 2.75) is 39.3 Å². The van der Waals surface area contributed by atoms with Crippen molar-refractivity contribution in [3.8, 4) is 0 Å². The molecule has 5 heteroatoms. The summed E-state index contributed by atoms with van der Waals surface area (Å²) >= 11 is 1.98. The van der Waals surface area contributed by atoms with Gasteiger partial charge in [-0.05, 0) is 30.1 Å². The zero-order valence-electron chi connectivity index (χ0n) is 12.3. The Morgan fingerprint density at radius 2 is 2.25 bits per heavy atom. The fourth-order valence-corrected chi connectivity index (χ4v) is 4.14. The number of hydrogen-bond acceptors (Lipinski definition) is 4. The van der Waals surface area contributed by atoms with Crippen LogP contribution in [-0.4, -0.2) is 22.5 Å². The number of nitro benzene ring substituents is 1. The summed E-state index contributed by atoms with van der Waals surface area (Å²) in [6, 6.07) is 7.48. The highest BCUT2D eigenvalue weighted by Crippen LogP contribution is 2.35. The Bertz CT molecular complexity index is 491. The molecule has 2 rings (SSSR count). The van der Waals surface area contributed by atoms with Gasteiger partial charge in [-0.15, -0.1) is 0 Å². The molecule has 1 heterocycles. The molecule has 1 aromatic rings. The standard InChI is InChI=1S/C15H22N2O2S/c1-11(12-5-4-6-13(9-12)17(18)19)16-14-10-20-8-7-15(14,2)3/h4-6,9,11,14,16H,7-8,10H2,1-3H3. The minimum Gasteiger partial charge on any atom is -0.306 e. The maximum Gasteiger partial charge on any atom is 0.269 e. The monoisotopic (exact) mass is 294 g/mol. The van der Waals surface area contributed by atoms with Crippen LogP contribution >= 0.6 is 11.8 Å². The average Bonchev–Trinajstić information content (AvgIpc) is 2.41. The molecule has 0 radical (unpaired) electrons. The van der Waals surface area contributed by atoms with Crippen LogP contribution in [0.25, 0.3) is 0 Å². The van der Waals surface area contributed by atoms with E-state index < -0.39 is 0 Å². The third-order valence-corrected chi connectivity index (χ3v) is 5.21. The summed E-state index contributed by atoms with van der Waals surface area (Å²) in [5, 5.41) is 14.5. The van der Waals surface area contributed by atoms with Crippen molar-refractivity contribution in [1.82, 2.24) is 5.32 Å². The minimum atomic E-state index is -0.337. The van der Waals surface area contributed by atoms with Crippen molar-refractivity contribution >= 4 is 17.4 Å². The summed E-state index contributed by atoms with van der Waals surface area (Å²) in [5.41, 5.74) is 1.42. The smallest absolute Gasteiger partial charge is 0.269 e. The molecule has 110 valence electrons. The minimum absolute atomic E-state index is 0.123. The fraction of sp³-hybridized carbons (Fsp3) is 0.600. The van der Waals surface area contributed by atoms with Gasteiger partial charge in [0.2, 0.25) is 0 Å². The number of hydrogen-bond donors (Lipinski definition) is 1. The van der Waals surface area contributed by atoms with Crippen LogP contribution < -0.4 is 5.32 Å². The molecule has 0 amide bonds. The number of nitrogens with zero attached hydrogens (tertiary/aromatic N) is 1. The number of thioether (sulfide) groups is 1. The molecular formula is C15H22N2O2S. The van der Waals surface area contributed by atoms with E-state index in [9.17, 15) is 10.1 Å².